The van der Waals surface area contributed by atoms with Gasteiger partial charge in [0.1, 0.15) is 40.9 Å². The lowest BCUT2D eigenvalue weighted by molar-refractivity contribution is -0.146. The largest absolute Gasteiger partial charge is 0.497 e. The molecule has 5 rings (SSSR count). The van der Waals surface area contributed by atoms with Crippen LogP contribution in [-0.4, -0.2) is 126 Å². The average Bonchev–Trinajstić information content (AvgIpc) is 3.43. The summed E-state index contributed by atoms with van der Waals surface area (Å²) in [6.07, 6.45) is 1.94. The SMILES string of the molecule is C=CC1C[C@]1(NC(=O)[C@@H]1C[C@@H](Oc2cc(-c3csc(NC(C)C)n3)nc3cc(OC)ccc23)CN1C(=O)[C@@H](NC(=O)N[C@H](CN(C)S(C)(=O)=O)C(C)(C)C)C(C)(C)C)C(=O)O. The summed E-state index contributed by atoms with van der Waals surface area (Å²) < 4.78 is 37.9. The molecule has 3 aromatic rings. The number of anilines is 1. The normalized spacial score (nSPS) is 21.5. The van der Waals surface area contributed by atoms with E-state index in [0.29, 0.717) is 33.8 Å². The van der Waals surface area contributed by atoms with Gasteiger partial charge in [-0.05, 0) is 43.2 Å². The molecule has 1 saturated carbocycles. The van der Waals surface area contributed by atoms with Crippen molar-refractivity contribution in [2.45, 2.75) is 104 Å². The van der Waals surface area contributed by atoms with Crippen LogP contribution in [-0.2, 0) is 24.4 Å². The van der Waals surface area contributed by atoms with Gasteiger partial charge in [-0.15, -0.1) is 17.9 Å². The van der Waals surface area contributed by atoms with Gasteiger partial charge in [-0.1, -0.05) is 47.6 Å². The molecule has 1 aliphatic heterocycles. The molecule has 334 valence electrons. The highest BCUT2D eigenvalue weighted by Crippen LogP contribution is 2.45. The van der Waals surface area contributed by atoms with Crippen LogP contribution in [0.15, 0.2) is 42.3 Å². The molecule has 19 heteroatoms. The van der Waals surface area contributed by atoms with Gasteiger partial charge >= 0.3 is 12.0 Å². The number of hydrogen-bond acceptors (Lipinski definition) is 12. The van der Waals surface area contributed by atoms with Crippen molar-refractivity contribution in [2.24, 2.45) is 16.7 Å². The Labute approximate surface area is 362 Å². The summed E-state index contributed by atoms with van der Waals surface area (Å²) in [4.78, 5) is 66.3. The van der Waals surface area contributed by atoms with Crippen molar-refractivity contribution in [1.82, 2.24) is 35.1 Å². The Bertz CT molecular complexity index is 2270. The van der Waals surface area contributed by atoms with E-state index < -0.39 is 80.4 Å². The molecule has 5 N–H and O–H groups in total. The lowest BCUT2D eigenvalue weighted by Gasteiger charge is -2.37. The predicted octanol–water partition coefficient (Wildman–Crippen LogP) is 4.70. The summed E-state index contributed by atoms with van der Waals surface area (Å²) in [5, 5.41) is 25.1. The number of carbonyl (C=O) groups is 4. The van der Waals surface area contributed by atoms with E-state index in [4.69, 9.17) is 19.4 Å². The maximum Gasteiger partial charge on any atom is 0.330 e. The van der Waals surface area contributed by atoms with Gasteiger partial charge in [-0.3, -0.25) is 9.59 Å². The van der Waals surface area contributed by atoms with Crippen LogP contribution in [0.5, 0.6) is 11.5 Å². The third-order valence-electron chi connectivity index (χ3n) is 11.1. The van der Waals surface area contributed by atoms with E-state index in [1.54, 1.807) is 46.1 Å². The van der Waals surface area contributed by atoms with Gasteiger partial charge in [0.15, 0.2) is 5.13 Å². The van der Waals surface area contributed by atoms with E-state index in [2.05, 4.69) is 27.8 Å². The number of carboxylic acids is 1. The molecule has 2 aromatic heterocycles. The van der Waals surface area contributed by atoms with Crippen LogP contribution in [0.4, 0.5) is 9.93 Å². The Morgan fingerprint density at radius 2 is 1.77 bits per heavy atom. The highest BCUT2D eigenvalue weighted by Gasteiger charge is 2.61. The molecular weight excluding hydrogens is 825 g/mol. The number of amides is 4. The van der Waals surface area contributed by atoms with Crippen LogP contribution in [0.3, 0.4) is 0 Å². The Kier molecular flexibility index (Phi) is 13.7. The molecule has 0 spiro atoms. The number of nitrogens with zero attached hydrogens (tertiary/aromatic N) is 4. The van der Waals surface area contributed by atoms with E-state index in [1.165, 1.54) is 29.4 Å². The van der Waals surface area contributed by atoms with Crippen molar-refractivity contribution in [3.63, 3.8) is 0 Å². The minimum absolute atomic E-state index is 0.00647. The van der Waals surface area contributed by atoms with Crippen molar-refractivity contribution < 1.29 is 42.2 Å². The van der Waals surface area contributed by atoms with Gasteiger partial charge in [-0.25, -0.2) is 32.3 Å². The van der Waals surface area contributed by atoms with E-state index in [9.17, 15) is 32.7 Å². The van der Waals surface area contributed by atoms with Gasteiger partial charge in [0.2, 0.25) is 21.8 Å². The van der Waals surface area contributed by atoms with E-state index in [1.807, 2.05) is 46.1 Å². The van der Waals surface area contributed by atoms with Gasteiger partial charge in [0, 0.05) is 60.9 Å². The topological polar surface area (TPSA) is 221 Å². The van der Waals surface area contributed by atoms with Crippen molar-refractivity contribution in [3.8, 4) is 22.9 Å². The number of ether oxygens (including phenoxy) is 2. The van der Waals surface area contributed by atoms with E-state index in [0.717, 1.165) is 15.7 Å². The fourth-order valence-corrected chi connectivity index (χ4v) is 8.46. The third-order valence-corrected chi connectivity index (χ3v) is 13.1. The Morgan fingerprint density at radius 1 is 1.08 bits per heavy atom. The Hall–Kier alpha value is -5.01. The van der Waals surface area contributed by atoms with E-state index >= 15 is 0 Å². The zero-order chi connectivity index (χ0) is 45.4. The van der Waals surface area contributed by atoms with Gasteiger partial charge < -0.3 is 40.7 Å². The maximum absolute atomic E-state index is 14.9. The highest BCUT2D eigenvalue weighted by atomic mass is 32.2. The first-order chi connectivity index (χ1) is 28.3. The number of urea groups is 1. The highest BCUT2D eigenvalue weighted by molar-refractivity contribution is 7.88. The molecule has 61 heavy (non-hydrogen) atoms. The Morgan fingerprint density at radius 3 is 2.33 bits per heavy atom. The molecule has 2 aliphatic rings. The lowest BCUT2D eigenvalue weighted by atomic mass is 9.85. The number of methoxy groups -OCH3 is 1. The quantitative estimate of drug-likeness (QED) is 0.124. The number of sulfonamides is 1. The molecule has 0 bridgehead atoms. The van der Waals surface area contributed by atoms with Crippen molar-refractivity contribution in [2.75, 3.05) is 38.8 Å². The first kappa shape index (κ1) is 47.0. The molecule has 1 saturated heterocycles. The van der Waals surface area contributed by atoms with Crippen LogP contribution in [0.2, 0.25) is 0 Å². The number of fused-ring (bicyclic) bond motifs is 1. The number of benzene rings is 1. The van der Waals surface area contributed by atoms with Gasteiger partial charge in [0.05, 0.1) is 31.1 Å². The minimum atomic E-state index is -3.57. The molecule has 1 unspecified atom stereocenters. The van der Waals surface area contributed by atoms with Crippen LogP contribution in [0, 0.1) is 16.7 Å². The van der Waals surface area contributed by atoms with Crippen LogP contribution < -0.4 is 30.7 Å². The maximum atomic E-state index is 14.9. The van der Waals surface area contributed by atoms with Crippen LogP contribution in [0.25, 0.3) is 22.3 Å². The minimum Gasteiger partial charge on any atom is -0.497 e. The third kappa shape index (κ3) is 10.9. The number of thiazole rings is 1. The fourth-order valence-electron chi connectivity index (χ4n) is 7.18. The molecule has 17 nitrogen and oxygen atoms in total. The Balaban J connectivity index is 1.49. The summed E-state index contributed by atoms with van der Waals surface area (Å²) in [7, 11) is -0.589. The van der Waals surface area contributed by atoms with Crippen molar-refractivity contribution >= 4 is 61.2 Å². The molecule has 1 aliphatic carbocycles. The van der Waals surface area contributed by atoms with Gasteiger partial charge in [-0.2, -0.15) is 0 Å². The summed E-state index contributed by atoms with van der Waals surface area (Å²) in [5.74, 6) is -2.00. The monoisotopic (exact) mass is 884 g/mol. The summed E-state index contributed by atoms with van der Waals surface area (Å²) in [6, 6.07) is 3.54. The number of rotatable bonds is 16. The standard InChI is InChI=1S/C42H60N8O9S2/c1-13-24-19-42(24,37(53)54)48-35(51)31-17-26(59-32-18-29(30-22-60-39(45-30)43-23(2)3)44-28-16-25(58-11)14-15-27(28)32)20-50(31)36(52)34(41(7,8)9)47-38(55)46-33(40(4,5)6)21-49(10)61(12,56)57/h13-16,18,22-24,26,31,33-34H,1,17,19-21H2,2-12H3,(H,43,45)(H,48,51)(H,53,54)(H2,46,47,55)/t24?,26-,31+,33-,34-,42-/m1/s1. The number of pyridine rings is 1. The second-order valence-electron chi connectivity index (χ2n) is 18.4. The van der Waals surface area contributed by atoms with Crippen LogP contribution in [0.1, 0.15) is 68.2 Å². The number of aromatic nitrogens is 2. The molecule has 2 fully saturated rings. The second kappa shape index (κ2) is 17.8. The zero-order valence-corrected chi connectivity index (χ0v) is 38.4. The van der Waals surface area contributed by atoms with Crippen molar-refractivity contribution in [1.29, 1.82) is 0 Å². The summed E-state index contributed by atoms with van der Waals surface area (Å²) in [5.41, 5.74) is -1.35. The summed E-state index contributed by atoms with van der Waals surface area (Å²) in [6.45, 7) is 18.5. The molecule has 0 radical (unpaired) electrons. The zero-order valence-electron chi connectivity index (χ0n) is 36.8. The number of nitrogens with one attached hydrogen (secondary N) is 4. The molecule has 6 atom stereocenters. The number of likely N-dealkylation sites (tertiary alicyclic amines) is 1. The molecule has 1 aromatic carbocycles. The predicted molar refractivity (Wildman–Crippen MR) is 235 cm³/mol. The van der Waals surface area contributed by atoms with Crippen molar-refractivity contribution in [3.05, 3.63) is 42.3 Å². The number of aliphatic carboxylic acids is 1. The van der Waals surface area contributed by atoms with Gasteiger partial charge in [0.25, 0.3) is 0 Å². The smallest absolute Gasteiger partial charge is 0.330 e. The van der Waals surface area contributed by atoms with Crippen LogP contribution >= 0.6 is 11.3 Å². The number of hydrogen-bond donors (Lipinski definition) is 5. The first-order valence-electron chi connectivity index (χ1n) is 20.1. The fraction of sp³-hybridized carbons (Fsp3) is 0.571. The number of carbonyl (C=O) groups excluding carboxylic acids is 3. The molecule has 4 amide bonds. The average molecular weight is 885 g/mol. The van der Waals surface area contributed by atoms with E-state index in [-0.39, 0.29) is 32.0 Å². The lowest BCUT2D eigenvalue weighted by Crippen LogP contribution is -2.62. The molecular formula is C42H60N8O9S2. The second-order valence-corrected chi connectivity index (χ2v) is 21.3. The summed E-state index contributed by atoms with van der Waals surface area (Å²) >= 11 is 1.44. The first-order valence-corrected chi connectivity index (χ1v) is 22.8. The molecule has 3 heterocycles. The number of carboxylic acid groups (broad SMARTS) is 1. The number of likely N-dealkylation sites (N-methyl/N-ethyl adjacent to an activating group) is 1.